The first-order chi connectivity index (χ1) is 11.1. The second-order valence-electron chi connectivity index (χ2n) is 4.62. The molecule has 0 spiro atoms. The van der Waals surface area contributed by atoms with Crippen LogP contribution in [0.2, 0.25) is 5.02 Å². The summed E-state index contributed by atoms with van der Waals surface area (Å²) in [5.74, 6) is -2.00. The van der Waals surface area contributed by atoms with E-state index in [4.69, 9.17) is 22.4 Å². The fourth-order valence-electron chi connectivity index (χ4n) is 1.79. The molecule has 7 nitrogen and oxygen atoms in total. The summed E-state index contributed by atoms with van der Waals surface area (Å²) >= 11 is 8.86. The number of nitrogens with two attached hydrogens (primary N) is 1. The highest BCUT2D eigenvalue weighted by atomic mass is 79.9. The SMILES string of the molecule is NC(=O)c1ccc(NS(=O)(=O)c2cc(Br)c(Cl)c(C(=O)O)c2)cc1. The van der Waals surface area contributed by atoms with E-state index in [-0.39, 0.29) is 31.2 Å². The molecule has 0 unspecified atom stereocenters. The van der Waals surface area contributed by atoms with Crippen molar-refractivity contribution in [2.75, 3.05) is 4.72 Å². The van der Waals surface area contributed by atoms with Crippen LogP contribution in [-0.4, -0.2) is 25.4 Å². The first kappa shape index (κ1) is 18.2. The highest BCUT2D eigenvalue weighted by Gasteiger charge is 2.21. The summed E-state index contributed by atoms with van der Waals surface area (Å²) in [7, 11) is -4.06. The molecule has 0 bridgehead atoms. The average molecular weight is 434 g/mol. The van der Waals surface area contributed by atoms with Gasteiger partial charge in [0.2, 0.25) is 5.91 Å². The summed E-state index contributed by atoms with van der Waals surface area (Å²) in [4.78, 5) is 21.9. The maximum absolute atomic E-state index is 12.4. The van der Waals surface area contributed by atoms with E-state index in [1.165, 1.54) is 30.3 Å². The van der Waals surface area contributed by atoms with Crippen LogP contribution in [0.5, 0.6) is 0 Å². The van der Waals surface area contributed by atoms with Crippen molar-refractivity contribution in [2.24, 2.45) is 5.73 Å². The fraction of sp³-hybridized carbons (Fsp3) is 0. The van der Waals surface area contributed by atoms with Gasteiger partial charge in [0.1, 0.15) is 0 Å². The number of carboxylic acids is 1. The van der Waals surface area contributed by atoms with E-state index in [0.29, 0.717) is 0 Å². The molecule has 0 atom stereocenters. The molecule has 0 saturated heterocycles. The van der Waals surface area contributed by atoms with Gasteiger partial charge in [-0.05, 0) is 52.3 Å². The molecule has 2 rings (SSSR count). The van der Waals surface area contributed by atoms with Crippen LogP contribution in [0.4, 0.5) is 5.69 Å². The summed E-state index contributed by atoms with van der Waals surface area (Å²) < 4.78 is 27.2. The molecular formula is C14H10BrClN2O5S. The molecule has 2 aromatic carbocycles. The van der Waals surface area contributed by atoms with Crippen molar-refractivity contribution in [1.29, 1.82) is 0 Å². The Morgan fingerprint density at radius 1 is 1.17 bits per heavy atom. The molecule has 0 aliphatic heterocycles. The highest BCUT2D eigenvalue weighted by Crippen LogP contribution is 2.30. The first-order valence-electron chi connectivity index (χ1n) is 6.27. The van der Waals surface area contributed by atoms with E-state index >= 15 is 0 Å². The van der Waals surface area contributed by atoms with E-state index in [9.17, 15) is 18.0 Å². The van der Waals surface area contributed by atoms with E-state index in [0.717, 1.165) is 6.07 Å². The highest BCUT2D eigenvalue weighted by molar-refractivity contribution is 9.10. The number of amides is 1. The molecular weight excluding hydrogens is 424 g/mol. The summed E-state index contributed by atoms with van der Waals surface area (Å²) in [6, 6.07) is 7.59. The number of anilines is 1. The molecule has 4 N–H and O–H groups in total. The topological polar surface area (TPSA) is 127 Å². The van der Waals surface area contributed by atoms with Gasteiger partial charge in [-0.1, -0.05) is 11.6 Å². The molecule has 0 aromatic heterocycles. The van der Waals surface area contributed by atoms with Crippen molar-refractivity contribution < 1.29 is 23.1 Å². The van der Waals surface area contributed by atoms with Gasteiger partial charge in [0.25, 0.3) is 10.0 Å². The number of primary amides is 1. The van der Waals surface area contributed by atoms with Gasteiger partial charge in [-0.2, -0.15) is 0 Å². The average Bonchev–Trinajstić information content (AvgIpc) is 2.49. The van der Waals surface area contributed by atoms with Crippen LogP contribution in [-0.2, 0) is 10.0 Å². The van der Waals surface area contributed by atoms with Crippen molar-refractivity contribution in [2.45, 2.75) is 4.90 Å². The van der Waals surface area contributed by atoms with Gasteiger partial charge in [-0.15, -0.1) is 0 Å². The zero-order valence-electron chi connectivity index (χ0n) is 11.8. The number of carbonyl (C=O) groups excluding carboxylic acids is 1. The molecule has 2 aromatic rings. The lowest BCUT2D eigenvalue weighted by molar-refractivity contribution is 0.0696. The number of nitrogens with one attached hydrogen (secondary N) is 1. The van der Waals surface area contributed by atoms with Crippen LogP contribution in [0, 0.1) is 0 Å². The van der Waals surface area contributed by atoms with Crippen molar-refractivity contribution in [3.8, 4) is 0 Å². The van der Waals surface area contributed by atoms with Crippen LogP contribution < -0.4 is 10.5 Å². The molecule has 0 fully saturated rings. The van der Waals surface area contributed by atoms with Crippen LogP contribution in [0.1, 0.15) is 20.7 Å². The number of aromatic carboxylic acids is 1. The van der Waals surface area contributed by atoms with E-state index in [1.54, 1.807) is 0 Å². The van der Waals surface area contributed by atoms with E-state index in [1.807, 2.05) is 0 Å². The summed E-state index contributed by atoms with van der Waals surface area (Å²) in [5.41, 5.74) is 5.16. The summed E-state index contributed by atoms with van der Waals surface area (Å²) in [5, 5.41) is 8.98. The number of hydrogen-bond donors (Lipinski definition) is 3. The monoisotopic (exact) mass is 432 g/mol. The molecule has 126 valence electrons. The number of sulfonamides is 1. The normalized spacial score (nSPS) is 11.1. The van der Waals surface area contributed by atoms with Crippen molar-refractivity contribution in [1.82, 2.24) is 0 Å². The number of carbonyl (C=O) groups is 2. The minimum atomic E-state index is -4.06. The molecule has 0 aliphatic carbocycles. The maximum atomic E-state index is 12.4. The van der Waals surface area contributed by atoms with Gasteiger partial charge in [0.15, 0.2) is 0 Å². The Morgan fingerprint density at radius 2 is 1.75 bits per heavy atom. The number of carboxylic acid groups (broad SMARTS) is 1. The third kappa shape index (κ3) is 3.86. The van der Waals surface area contributed by atoms with Gasteiger partial charge >= 0.3 is 5.97 Å². The predicted octanol–water partition coefficient (Wildman–Crippen LogP) is 2.70. The molecule has 1 amide bonds. The molecule has 24 heavy (non-hydrogen) atoms. The number of halogens is 2. The lowest BCUT2D eigenvalue weighted by Gasteiger charge is -2.11. The molecule has 0 heterocycles. The van der Waals surface area contributed by atoms with Gasteiger partial charge in [-0.25, -0.2) is 13.2 Å². The molecule has 0 radical (unpaired) electrons. The summed E-state index contributed by atoms with van der Waals surface area (Å²) in [6.45, 7) is 0. The first-order valence-corrected chi connectivity index (χ1v) is 8.92. The second kappa shape index (κ2) is 6.80. The van der Waals surface area contributed by atoms with E-state index < -0.39 is 21.9 Å². The van der Waals surface area contributed by atoms with E-state index in [2.05, 4.69) is 20.7 Å². The summed E-state index contributed by atoms with van der Waals surface area (Å²) in [6.07, 6.45) is 0. The van der Waals surface area contributed by atoms with Gasteiger partial charge in [0.05, 0.1) is 15.5 Å². The Morgan fingerprint density at radius 3 is 2.25 bits per heavy atom. The Kier molecular flexibility index (Phi) is 5.16. The quantitative estimate of drug-likeness (QED) is 0.668. The fourth-order valence-corrected chi connectivity index (χ4v) is 3.70. The zero-order valence-corrected chi connectivity index (χ0v) is 14.9. The number of benzene rings is 2. The smallest absolute Gasteiger partial charge is 0.337 e. The van der Waals surface area contributed by atoms with Crippen molar-refractivity contribution >= 4 is 55.1 Å². The molecule has 0 aliphatic rings. The van der Waals surface area contributed by atoms with Gasteiger partial charge in [0, 0.05) is 15.7 Å². The van der Waals surface area contributed by atoms with Crippen molar-refractivity contribution in [3.05, 3.63) is 57.0 Å². The lowest BCUT2D eigenvalue weighted by atomic mass is 10.2. The minimum absolute atomic E-state index is 0.104. The molecule has 10 heteroatoms. The van der Waals surface area contributed by atoms with Gasteiger partial charge < -0.3 is 10.8 Å². The predicted molar refractivity (Wildman–Crippen MR) is 91.9 cm³/mol. The number of rotatable bonds is 5. The van der Waals surface area contributed by atoms with Crippen LogP contribution in [0.15, 0.2) is 45.8 Å². The van der Waals surface area contributed by atoms with Crippen LogP contribution in [0.25, 0.3) is 0 Å². The van der Waals surface area contributed by atoms with Crippen LogP contribution >= 0.6 is 27.5 Å². The number of hydrogen-bond acceptors (Lipinski definition) is 4. The molecule has 0 saturated carbocycles. The Labute approximate surface area is 150 Å². The van der Waals surface area contributed by atoms with Crippen molar-refractivity contribution in [3.63, 3.8) is 0 Å². The Hall–Kier alpha value is -2.10. The Bertz CT molecular complexity index is 929. The zero-order chi connectivity index (χ0) is 18.1. The van der Waals surface area contributed by atoms with Gasteiger partial charge in [-0.3, -0.25) is 9.52 Å². The standard InChI is InChI=1S/C14H10BrClN2O5S/c15-11-6-9(5-10(12(11)16)14(20)21)24(22,23)18-8-3-1-7(2-4-8)13(17)19/h1-6,18H,(H2,17,19)(H,20,21). The lowest BCUT2D eigenvalue weighted by Crippen LogP contribution is -2.15. The maximum Gasteiger partial charge on any atom is 0.337 e. The third-order valence-electron chi connectivity index (χ3n) is 2.96. The largest absolute Gasteiger partial charge is 0.478 e. The minimum Gasteiger partial charge on any atom is -0.478 e. The van der Waals surface area contributed by atoms with Crippen LogP contribution in [0.3, 0.4) is 0 Å². The third-order valence-corrected chi connectivity index (χ3v) is 5.59. The Balaban J connectivity index is 2.40. The second-order valence-corrected chi connectivity index (χ2v) is 7.53.